The predicted molar refractivity (Wildman–Crippen MR) is 112 cm³/mol. The third-order valence-electron chi connectivity index (χ3n) is 5.23. The van der Waals surface area contributed by atoms with Crippen molar-refractivity contribution in [2.75, 3.05) is 26.2 Å². The molecule has 166 valence electrons. The van der Waals surface area contributed by atoms with Gasteiger partial charge in [-0.2, -0.15) is 0 Å². The van der Waals surface area contributed by atoms with Crippen LogP contribution in [0.2, 0.25) is 0 Å². The SMILES string of the molecule is O=C(c1cccc(F)c1)N1CCOC(CN(Cc2ccco2)C(=O)c2ccc(F)cc2)C1. The molecule has 1 aliphatic rings. The number of carbonyl (C=O) groups is 2. The van der Waals surface area contributed by atoms with Crippen molar-refractivity contribution in [3.8, 4) is 0 Å². The van der Waals surface area contributed by atoms with Gasteiger partial charge < -0.3 is 19.0 Å². The van der Waals surface area contributed by atoms with E-state index < -0.39 is 17.7 Å². The minimum absolute atomic E-state index is 0.195. The predicted octanol–water partition coefficient (Wildman–Crippen LogP) is 3.74. The number of hydrogen-bond donors (Lipinski definition) is 0. The molecule has 0 spiro atoms. The van der Waals surface area contributed by atoms with E-state index in [-0.39, 0.29) is 37.0 Å². The van der Waals surface area contributed by atoms with Crippen molar-refractivity contribution in [1.82, 2.24) is 9.80 Å². The molecule has 2 aromatic carbocycles. The Kier molecular flexibility index (Phi) is 6.61. The van der Waals surface area contributed by atoms with Gasteiger partial charge in [-0.1, -0.05) is 6.07 Å². The number of carbonyl (C=O) groups excluding carboxylic acids is 2. The summed E-state index contributed by atoms with van der Waals surface area (Å²) in [6.07, 6.45) is 1.08. The molecule has 3 aromatic rings. The number of hydrogen-bond acceptors (Lipinski definition) is 4. The number of morpholine rings is 1. The first kappa shape index (κ1) is 21.7. The lowest BCUT2D eigenvalue weighted by Gasteiger charge is -2.35. The number of halogens is 2. The zero-order chi connectivity index (χ0) is 22.5. The first-order valence-electron chi connectivity index (χ1n) is 10.2. The van der Waals surface area contributed by atoms with Crippen molar-refractivity contribution in [3.05, 3.63) is 95.4 Å². The highest BCUT2D eigenvalue weighted by Crippen LogP contribution is 2.17. The lowest BCUT2D eigenvalue weighted by molar-refractivity contribution is -0.0344. The molecule has 1 saturated heterocycles. The fraction of sp³-hybridized carbons (Fsp3) is 0.250. The van der Waals surface area contributed by atoms with Crippen molar-refractivity contribution in [1.29, 1.82) is 0 Å². The molecule has 1 aromatic heterocycles. The van der Waals surface area contributed by atoms with Crippen LogP contribution in [0.4, 0.5) is 8.78 Å². The maximum Gasteiger partial charge on any atom is 0.254 e. The maximum absolute atomic E-state index is 13.5. The second-order valence-corrected chi connectivity index (χ2v) is 7.53. The lowest BCUT2D eigenvalue weighted by Crippen LogP contribution is -2.50. The summed E-state index contributed by atoms with van der Waals surface area (Å²) >= 11 is 0. The van der Waals surface area contributed by atoms with E-state index >= 15 is 0 Å². The Labute approximate surface area is 184 Å². The van der Waals surface area contributed by atoms with Crippen LogP contribution in [-0.2, 0) is 11.3 Å². The van der Waals surface area contributed by atoms with Crippen molar-refractivity contribution >= 4 is 11.8 Å². The first-order chi connectivity index (χ1) is 15.5. The quantitative estimate of drug-likeness (QED) is 0.586. The summed E-state index contributed by atoms with van der Waals surface area (Å²) in [5, 5.41) is 0. The van der Waals surface area contributed by atoms with Gasteiger partial charge in [0.25, 0.3) is 11.8 Å². The van der Waals surface area contributed by atoms with Gasteiger partial charge in [-0.25, -0.2) is 8.78 Å². The van der Waals surface area contributed by atoms with Crippen molar-refractivity contribution < 1.29 is 27.5 Å². The second-order valence-electron chi connectivity index (χ2n) is 7.53. The average molecular weight is 440 g/mol. The zero-order valence-corrected chi connectivity index (χ0v) is 17.2. The first-order valence-corrected chi connectivity index (χ1v) is 10.2. The standard InChI is InChI=1S/C24H22F2N2O4/c25-19-8-6-17(7-9-19)23(29)28(14-21-5-2-11-31-21)16-22-15-27(10-12-32-22)24(30)18-3-1-4-20(26)13-18/h1-9,11,13,22H,10,12,14-16H2. The number of ether oxygens (including phenoxy) is 1. The van der Waals surface area contributed by atoms with Crippen LogP contribution in [0.15, 0.2) is 71.3 Å². The van der Waals surface area contributed by atoms with Crippen LogP contribution in [0.3, 0.4) is 0 Å². The number of nitrogens with zero attached hydrogens (tertiary/aromatic N) is 2. The van der Waals surface area contributed by atoms with E-state index in [1.165, 1.54) is 48.7 Å². The number of furan rings is 1. The second kappa shape index (κ2) is 9.74. The molecule has 0 saturated carbocycles. The van der Waals surface area contributed by atoms with Gasteiger partial charge in [0.2, 0.25) is 0 Å². The molecule has 8 heteroatoms. The third kappa shape index (κ3) is 5.20. The number of amides is 2. The van der Waals surface area contributed by atoms with Gasteiger partial charge >= 0.3 is 0 Å². The normalized spacial score (nSPS) is 16.1. The van der Waals surface area contributed by atoms with Crippen LogP contribution in [0.1, 0.15) is 26.5 Å². The summed E-state index contributed by atoms with van der Waals surface area (Å²) in [5.41, 5.74) is 0.599. The Hall–Kier alpha value is -3.52. The highest BCUT2D eigenvalue weighted by Gasteiger charge is 2.29. The van der Waals surface area contributed by atoms with E-state index in [1.54, 1.807) is 28.0 Å². The molecule has 1 aliphatic heterocycles. The molecule has 4 rings (SSSR count). The molecular formula is C24H22F2N2O4. The highest BCUT2D eigenvalue weighted by molar-refractivity contribution is 5.95. The van der Waals surface area contributed by atoms with Crippen LogP contribution >= 0.6 is 0 Å². The molecule has 0 bridgehead atoms. The Balaban J connectivity index is 1.48. The molecule has 1 unspecified atom stereocenters. The van der Waals surface area contributed by atoms with Gasteiger partial charge in [-0.05, 0) is 54.6 Å². The van der Waals surface area contributed by atoms with Crippen molar-refractivity contribution in [2.45, 2.75) is 12.6 Å². The molecule has 32 heavy (non-hydrogen) atoms. The van der Waals surface area contributed by atoms with Crippen LogP contribution in [0.25, 0.3) is 0 Å². The summed E-state index contributed by atoms with van der Waals surface area (Å²) in [5.74, 6) is -0.917. The fourth-order valence-corrected chi connectivity index (χ4v) is 3.65. The van der Waals surface area contributed by atoms with Crippen molar-refractivity contribution in [3.63, 3.8) is 0 Å². The summed E-state index contributed by atoms with van der Waals surface area (Å²) in [6.45, 7) is 1.31. The topological polar surface area (TPSA) is 63.0 Å². The zero-order valence-electron chi connectivity index (χ0n) is 17.2. The van der Waals surface area contributed by atoms with Crippen molar-refractivity contribution in [2.24, 2.45) is 0 Å². The summed E-state index contributed by atoms with van der Waals surface area (Å²) in [6, 6.07) is 14.3. The largest absolute Gasteiger partial charge is 0.467 e. The Morgan fingerprint density at radius 2 is 1.81 bits per heavy atom. The van der Waals surface area contributed by atoms with Gasteiger partial charge in [0.15, 0.2) is 0 Å². The summed E-state index contributed by atoms with van der Waals surface area (Å²) < 4.78 is 38.0. The van der Waals surface area contributed by atoms with Gasteiger partial charge in [0, 0.05) is 30.8 Å². The van der Waals surface area contributed by atoms with Gasteiger partial charge in [0.1, 0.15) is 17.4 Å². The van der Waals surface area contributed by atoms with Crippen LogP contribution in [0.5, 0.6) is 0 Å². The van der Waals surface area contributed by atoms with E-state index in [2.05, 4.69) is 0 Å². The van der Waals surface area contributed by atoms with E-state index in [0.29, 0.717) is 24.5 Å². The Morgan fingerprint density at radius 1 is 1.00 bits per heavy atom. The summed E-state index contributed by atoms with van der Waals surface area (Å²) in [7, 11) is 0. The smallest absolute Gasteiger partial charge is 0.254 e. The lowest BCUT2D eigenvalue weighted by atomic mass is 10.1. The van der Waals surface area contributed by atoms with Crippen LogP contribution < -0.4 is 0 Å². The minimum atomic E-state index is -0.477. The Morgan fingerprint density at radius 3 is 2.53 bits per heavy atom. The van der Waals surface area contributed by atoms with Gasteiger partial charge in [0.05, 0.1) is 25.5 Å². The molecule has 0 N–H and O–H groups in total. The average Bonchev–Trinajstić information content (AvgIpc) is 3.31. The molecule has 6 nitrogen and oxygen atoms in total. The molecule has 1 fully saturated rings. The summed E-state index contributed by atoms with van der Waals surface area (Å²) in [4.78, 5) is 29.1. The van der Waals surface area contributed by atoms with E-state index in [9.17, 15) is 18.4 Å². The molecule has 2 heterocycles. The molecule has 1 atom stereocenters. The molecule has 0 aliphatic carbocycles. The molecular weight excluding hydrogens is 418 g/mol. The van der Waals surface area contributed by atoms with E-state index in [4.69, 9.17) is 9.15 Å². The maximum atomic E-state index is 13.5. The number of benzene rings is 2. The highest BCUT2D eigenvalue weighted by atomic mass is 19.1. The Bertz CT molecular complexity index is 1070. The van der Waals surface area contributed by atoms with Crippen LogP contribution in [0, 0.1) is 11.6 Å². The van der Waals surface area contributed by atoms with E-state index in [1.807, 2.05) is 0 Å². The van der Waals surface area contributed by atoms with Gasteiger partial charge in [-0.3, -0.25) is 9.59 Å². The monoisotopic (exact) mass is 440 g/mol. The minimum Gasteiger partial charge on any atom is -0.467 e. The molecule has 2 amide bonds. The number of rotatable bonds is 6. The van der Waals surface area contributed by atoms with E-state index in [0.717, 1.165) is 0 Å². The third-order valence-corrected chi connectivity index (χ3v) is 5.23. The van der Waals surface area contributed by atoms with Crippen LogP contribution in [-0.4, -0.2) is 54.0 Å². The van der Waals surface area contributed by atoms with Gasteiger partial charge in [-0.15, -0.1) is 0 Å². The molecule has 0 radical (unpaired) electrons. The fourth-order valence-electron chi connectivity index (χ4n) is 3.65.